The SMILES string of the molecule is CC(NC(C)C(C)(C)C)c1nccn1C. The van der Waals surface area contributed by atoms with Crippen LogP contribution in [0.4, 0.5) is 0 Å². The zero-order valence-electron chi connectivity index (χ0n) is 10.7. The lowest BCUT2D eigenvalue weighted by atomic mass is 9.87. The predicted molar refractivity (Wildman–Crippen MR) is 63.7 cm³/mol. The Bertz CT molecular complexity index is 309. The molecule has 1 heterocycles. The summed E-state index contributed by atoms with van der Waals surface area (Å²) < 4.78 is 2.06. The van der Waals surface area contributed by atoms with Crippen molar-refractivity contribution in [2.45, 2.75) is 46.7 Å². The highest BCUT2D eigenvalue weighted by Crippen LogP contribution is 2.21. The second kappa shape index (κ2) is 4.35. The van der Waals surface area contributed by atoms with Gasteiger partial charge in [0.25, 0.3) is 0 Å². The lowest BCUT2D eigenvalue weighted by Crippen LogP contribution is -2.39. The number of rotatable bonds is 3. The molecule has 1 aromatic heterocycles. The second-order valence-electron chi connectivity index (χ2n) is 5.37. The third-order valence-corrected chi connectivity index (χ3v) is 3.04. The van der Waals surface area contributed by atoms with Gasteiger partial charge in [0.2, 0.25) is 0 Å². The van der Waals surface area contributed by atoms with Crippen LogP contribution in [0.2, 0.25) is 0 Å². The second-order valence-corrected chi connectivity index (χ2v) is 5.37. The number of aromatic nitrogens is 2. The Morgan fingerprint density at radius 3 is 2.33 bits per heavy atom. The largest absolute Gasteiger partial charge is 0.337 e. The molecule has 0 spiro atoms. The van der Waals surface area contributed by atoms with Crippen molar-refractivity contribution < 1.29 is 0 Å². The van der Waals surface area contributed by atoms with Crippen molar-refractivity contribution in [1.29, 1.82) is 0 Å². The molecule has 86 valence electrons. The predicted octanol–water partition coefficient (Wildman–Crippen LogP) is 2.51. The van der Waals surface area contributed by atoms with E-state index in [1.807, 2.05) is 19.4 Å². The average Bonchev–Trinajstić information content (AvgIpc) is 2.49. The molecule has 0 aliphatic rings. The maximum Gasteiger partial charge on any atom is 0.125 e. The van der Waals surface area contributed by atoms with Crippen LogP contribution in [0.5, 0.6) is 0 Å². The van der Waals surface area contributed by atoms with Gasteiger partial charge in [-0.3, -0.25) is 0 Å². The third kappa shape index (κ3) is 3.06. The number of nitrogens with one attached hydrogen (secondary N) is 1. The van der Waals surface area contributed by atoms with Crippen LogP contribution in [0, 0.1) is 5.41 Å². The summed E-state index contributed by atoms with van der Waals surface area (Å²) in [7, 11) is 2.03. The van der Waals surface area contributed by atoms with E-state index in [1.54, 1.807) is 0 Å². The highest BCUT2D eigenvalue weighted by molar-refractivity contribution is 4.98. The molecule has 1 N–H and O–H groups in total. The van der Waals surface area contributed by atoms with Gasteiger partial charge in [-0.15, -0.1) is 0 Å². The summed E-state index contributed by atoms with van der Waals surface area (Å²) in [4.78, 5) is 4.35. The summed E-state index contributed by atoms with van der Waals surface area (Å²) in [6.07, 6.45) is 3.82. The van der Waals surface area contributed by atoms with Crippen LogP contribution in [0.15, 0.2) is 12.4 Å². The van der Waals surface area contributed by atoms with E-state index in [1.165, 1.54) is 0 Å². The van der Waals surface area contributed by atoms with Crippen LogP contribution in [0.25, 0.3) is 0 Å². The van der Waals surface area contributed by atoms with Gasteiger partial charge >= 0.3 is 0 Å². The summed E-state index contributed by atoms with van der Waals surface area (Å²) in [6.45, 7) is 11.1. The van der Waals surface area contributed by atoms with Gasteiger partial charge < -0.3 is 9.88 Å². The number of imidazole rings is 1. The molecule has 3 nitrogen and oxygen atoms in total. The molecule has 0 saturated heterocycles. The molecule has 2 atom stereocenters. The molecular weight excluding hydrogens is 186 g/mol. The minimum atomic E-state index is 0.277. The maximum atomic E-state index is 4.35. The highest BCUT2D eigenvalue weighted by atomic mass is 15.1. The van der Waals surface area contributed by atoms with Crippen molar-refractivity contribution in [1.82, 2.24) is 14.9 Å². The Morgan fingerprint density at radius 1 is 1.33 bits per heavy atom. The Kier molecular flexibility index (Phi) is 3.55. The molecule has 0 fully saturated rings. The Balaban J connectivity index is 2.64. The van der Waals surface area contributed by atoms with Crippen molar-refractivity contribution in [3.63, 3.8) is 0 Å². The van der Waals surface area contributed by atoms with Crippen molar-refractivity contribution in [2.24, 2.45) is 12.5 Å². The molecule has 0 aromatic carbocycles. The highest BCUT2D eigenvalue weighted by Gasteiger charge is 2.22. The summed E-state index contributed by atoms with van der Waals surface area (Å²) in [5, 5.41) is 3.58. The fourth-order valence-corrected chi connectivity index (χ4v) is 1.49. The Hall–Kier alpha value is -0.830. The van der Waals surface area contributed by atoms with Crippen LogP contribution < -0.4 is 5.32 Å². The molecule has 0 aliphatic heterocycles. The van der Waals surface area contributed by atoms with Crippen molar-refractivity contribution in [2.75, 3.05) is 0 Å². The number of nitrogens with zero attached hydrogens (tertiary/aromatic N) is 2. The van der Waals surface area contributed by atoms with Crippen molar-refractivity contribution in [3.8, 4) is 0 Å². The van der Waals surface area contributed by atoms with E-state index in [0.29, 0.717) is 12.1 Å². The summed E-state index contributed by atoms with van der Waals surface area (Å²) >= 11 is 0. The van der Waals surface area contributed by atoms with Gasteiger partial charge in [-0.1, -0.05) is 20.8 Å². The first-order chi connectivity index (χ1) is 6.82. The molecule has 1 rings (SSSR count). The summed E-state index contributed by atoms with van der Waals surface area (Å²) in [5.41, 5.74) is 0.277. The Labute approximate surface area is 92.9 Å². The topological polar surface area (TPSA) is 29.9 Å². The van der Waals surface area contributed by atoms with E-state index in [0.717, 1.165) is 5.82 Å². The van der Waals surface area contributed by atoms with Gasteiger partial charge in [-0.2, -0.15) is 0 Å². The molecule has 3 heteroatoms. The lowest BCUT2D eigenvalue weighted by Gasteiger charge is -2.30. The van der Waals surface area contributed by atoms with E-state index >= 15 is 0 Å². The summed E-state index contributed by atoms with van der Waals surface area (Å²) in [5.74, 6) is 1.09. The van der Waals surface area contributed by atoms with Crippen molar-refractivity contribution in [3.05, 3.63) is 18.2 Å². The van der Waals surface area contributed by atoms with Crippen molar-refractivity contribution >= 4 is 0 Å². The van der Waals surface area contributed by atoms with E-state index in [2.05, 4.69) is 49.5 Å². The van der Waals surface area contributed by atoms with Crippen LogP contribution in [0.3, 0.4) is 0 Å². The van der Waals surface area contributed by atoms with E-state index < -0.39 is 0 Å². The molecule has 0 saturated carbocycles. The fraction of sp³-hybridized carbons (Fsp3) is 0.750. The number of hydrogen-bond donors (Lipinski definition) is 1. The first kappa shape index (κ1) is 12.2. The molecule has 15 heavy (non-hydrogen) atoms. The first-order valence-electron chi connectivity index (χ1n) is 5.55. The Morgan fingerprint density at radius 2 is 1.93 bits per heavy atom. The molecule has 1 aromatic rings. The minimum Gasteiger partial charge on any atom is -0.337 e. The van der Waals surface area contributed by atoms with Crippen LogP contribution in [0.1, 0.15) is 46.5 Å². The molecule has 0 radical (unpaired) electrons. The number of aryl methyl sites for hydroxylation is 1. The van der Waals surface area contributed by atoms with Crippen LogP contribution >= 0.6 is 0 Å². The fourth-order valence-electron chi connectivity index (χ4n) is 1.49. The maximum absolute atomic E-state index is 4.35. The molecular formula is C12H23N3. The standard InChI is InChI=1S/C12H23N3/c1-9(11-13-7-8-15(11)6)14-10(2)12(3,4)5/h7-10,14H,1-6H3. The zero-order chi connectivity index (χ0) is 11.6. The lowest BCUT2D eigenvalue weighted by molar-refractivity contribution is 0.264. The van der Waals surface area contributed by atoms with Crippen LogP contribution in [-0.2, 0) is 7.05 Å². The first-order valence-corrected chi connectivity index (χ1v) is 5.55. The molecule has 0 bridgehead atoms. The molecule has 2 unspecified atom stereocenters. The quantitative estimate of drug-likeness (QED) is 0.829. The number of hydrogen-bond acceptors (Lipinski definition) is 2. The van der Waals surface area contributed by atoms with Gasteiger partial charge in [0.1, 0.15) is 5.82 Å². The van der Waals surface area contributed by atoms with Gasteiger partial charge in [-0.05, 0) is 19.3 Å². The van der Waals surface area contributed by atoms with Gasteiger partial charge in [-0.25, -0.2) is 4.98 Å². The monoisotopic (exact) mass is 209 g/mol. The van der Waals surface area contributed by atoms with Gasteiger partial charge in [0.15, 0.2) is 0 Å². The summed E-state index contributed by atoms with van der Waals surface area (Å²) in [6, 6.07) is 0.753. The smallest absolute Gasteiger partial charge is 0.125 e. The van der Waals surface area contributed by atoms with Gasteiger partial charge in [0.05, 0.1) is 6.04 Å². The normalized spacial score (nSPS) is 16.4. The van der Waals surface area contributed by atoms with E-state index in [4.69, 9.17) is 0 Å². The molecule has 0 amide bonds. The van der Waals surface area contributed by atoms with E-state index in [9.17, 15) is 0 Å². The zero-order valence-corrected chi connectivity index (χ0v) is 10.7. The van der Waals surface area contributed by atoms with E-state index in [-0.39, 0.29) is 5.41 Å². The third-order valence-electron chi connectivity index (χ3n) is 3.04. The average molecular weight is 209 g/mol. The van der Waals surface area contributed by atoms with Crippen LogP contribution in [-0.4, -0.2) is 15.6 Å². The molecule has 0 aliphatic carbocycles. The van der Waals surface area contributed by atoms with Gasteiger partial charge in [0, 0.05) is 25.5 Å². The minimum absolute atomic E-state index is 0.277.